The molecule has 2 atom stereocenters. The van der Waals surface area contributed by atoms with Crippen molar-refractivity contribution in [2.75, 3.05) is 6.61 Å². The summed E-state index contributed by atoms with van der Waals surface area (Å²) in [5.74, 6) is 0. The van der Waals surface area contributed by atoms with E-state index in [2.05, 4.69) is 20.0 Å². The molecular formula is C17H28N2O5Si. The summed E-state index contributed by atoms with van der Waals surface area (Å²) >= 11 is 0. The molecule has 0 amide bonds. The zero-order chi connectivity index (χ0) is 18.6. The van der Waals surface area contributed by atoms with E-state index in [4.69, 9.17) is 9.16 Å². The lowest BCUT2D eigenvalue weighted by molar-refractivity contribution is -0.0218. The molecule has 7 nitrogen and oxygen atoms in total. The topological polar surface area (TPSA) is 79.5 Å². The van der Waals surface area contributed by atoms with Gasteiger partial charge >= 0.3 is 5.69 Å². The van der Waals surface area contributed by atoms with Crippen molar-refractivity contribution in [2.24, 2.45) is 0 Å². The Morgan fingerprint density at radius 3 is 2.72 bits per heavy atom. The van der Waals surface area contributed by atoms with E-state index in [1.54, 1.807) is 6.92 Å². The predicted molar refractivity (Wildman–Crippen MR) is 98.1 cm³/mol. The molecule has 1 aliphatic heterocycles. The maximum absolute atomic E-state index is 12.3. The molecule has 8 heteroatoms. The molecule has 25 heavy (non-hydrogen) atoms. The lowest BCUT2D eigenvalue weighted by atomic mass is 10.2. The van der Waals surface area contributed by atoms with Crippen molar-refractivity contribution in [1.29, 1.82) is 0 Å². The molecule has 1 aromatic rings. The molecule has 1 aromatic heterocycles. The Morgan fingerprint density at radius 1 is 1.36 bits per heavy atom. The number of carbonyl (C=O) groups is 1. The van der Waals surface area contributed by atoms with Gasteiger partial charge in [-0.25, -0.2) is 4.79 Å². The van der Waals surface area contributed by atoms with Crippen molar-refractivity contribution in [3.8, 4) is 0 Å². The van der Waals surface area contributed by atoms with Gasteiger partial charge in [0, 0.05) is 11.8 Å². The molecule has 2 heterocycles. The minimum Gasteiger partial charge on any atom is -0.415 e. The Labute approximate surface area is 148 Å². The van der Waals surface area contributed by atoms with E-state index in [-0.39, 0.29) is 12.5 Å². The zero-order valence-electron chi connectivity index (χ0n) is 15.5. The van der Waals surface area contributed by atoms with E-state index in [0.29, 0.717) is 23.2 Å². The molecule has 1 saturated heterocycles. The summed E-state index contributed by atoms with van der Waals surface area (Å²) in [7, 11) is -1.68. The van der Waals surface area contributed by atoms with E-state index in [0.717, 1.165) is 18.9 Å². The fourth-order valence-corrected chi connectivity index (χ4v) is 5.01. The van der Waals surface area contributed by atoms with Crippen LogP contribution in [0.15, 0.2) is 15.8 Å². The lowest BCUT2D eigenvalue weighted by Crippen LogP contribution is -2.42. The van der Waals surface area contributed by atoms with Crippen LogP contribution in [-0.4, -0.2) is 36.6 Å². The molecule has 1 aliphatic rings. The summed E-state index contributed by atoms with van der Waals surface area (Å²) in [5, 5.41) is 0. The summed E-state index contributed by atoms with van der Waals surface area (Å²) < 4.78 is 14.0. The van der Waals surface area contributed by atoms with Crippen LogP contribution in [0.4, 0.5) is 0 Å². The molecule has 0 aromatic carbocycles. The van der Waals surface area contributed by atoms with Crippen LogP contribution in [0.5, 0.6) is 0 Å². The highest BCUT2D eigenvalue weighted by Crippen LogP contribution is 2.28. The van der Waals surface area contributed by atoms with Crippen molar-refractivity contribution in [3.63, 3.8) is 0 Å². The van der Waals surface area contributed by atoms with Crippen LogP contribution in [0, 0.1) is 6.92 Å². The van der Waals surface area contributed by atoms with Crippen molar-refractivity contribution >= 4 is 14.7 Å². The van der Waals surface area contributed by atoms with Crippen molar-refractivity contribution in [2.45, 2.75) is 71.0 Å². The number of unbranched alkanes of at least 4 members (excludes halogenated alkanes) is 1. The van der Waals surface area contributed by atoms with Crippen LogP contribution in [0.25, 0.3) is 0 Å². The first-order valence-corrected chi connectivity index (χ1v) is 12.0. The highest BCUT2D eigenvalue weighted by atomic mass is 28.4. The average Bonchev–Trinajstić information content (AvgIpc) is 3.04. The molecule has 0 unspecified atom stereocenters. The Balaban J connectivity index is 2.04. The molecule has 0 bridgehead atoms. The van der Waals surface area contributed by atoms with Crippen molar-refractivity contribution < 1.29 is 14.0 Å². The van der Waals surface area contributed by atoms with Gasteiger partial charge in [0.25, 0.3) is 5.56 Å². The summed E-state index contributed by atoms with van der Waals surface area (Å²) in [4.78, 5) is 35.1. The number of hydrogen-bond donors (Lipinski definition) is 0. The molecule has 0 aliphatic carbocycles. The molecule has 0 saturated carbocycles. The number of ether oxygens (including phenoxy) is 1. The van der Waals surface area contributed by atoms with Gasteiger partial charge in [0.15, 0.2) is 8.32 Å². The molecular weight excluding hydrogens is 340 g/mol. The van der Waals surface area contributed by atoms with E-state index in [9.17, 15) is 14.4 Å². The third kappa shape index (κ3) is 4.77. The number of aromatic nitrogens is 2. The standard InChI is InChI=1S/C17H28N2O5Si/c1-5-6-9-25(3,4)23-11-14-7-8-15(24-14)18-10-13(2)16(21)19(12-20)17(18)22/h10,12,14-15H,5-9,11H2,1-4H3/t14-,15+/m0/s1. The van der Waals surface area contributed by atoms with E-state index >= 15 is 0 Å². The van der Waals surface area contributed by atoms with Gasteiger partial charge < -0.3 is 9.16 Å². The van der Waals surface area contributed by atoms with Crippen molar-refractivity contribution in [3.05, 3.63) is 32.6 Å². The number of rotatable bonds is 8. The maximum Gasteiger partial charge on any atom is 0.339 e. The van der Waals surface area contributed by atoms with Gasteiger partial charge in [-0.3, -0.25) is 14.2 Å². The SMILES string of the molecule is CCCC[Si](C)(C)OC[C@@H]1CC[C@H](n2cc(C)c(=O)n(C=O)c2=O)O1. The monoisotopic (exact) mass is 368 g/mol. The first-order valence-electron chi connectivity index (χ1n) is 8.88. The summed E-state index contributed by atoms with van der Waals surface area (Å²) in [6, 6.07) is 1.13. The minimum atomic E-state index is -1.68. The van der Waals surface area contributed by atoms with E-state index in [1.807, 2.05) is 0 Å². The predicted octanol–water partition coefficient (Wildman–Crippen LogP) is 2.06. The highest BCUT2D eigenvalue weighted by Gasteiger charge is 2.31. The van der Waals surface area contributed by atoms with Crippen LogP contribution in [0.1, 0.15) is 44.4 Å². The van der Waals surface area contributed by atoms with Gasteiger partial charge in [-0.05, 0) is 38.9 Å². The first-order chi connectivity index (χ1) is 11.8. The first kappa shape index (κ1) is 19.8. The highest BCUT2D eigenvalue weighted by molar-refractivity contribution is 6.71. The second kappa shape index (κ2) is 8.24. The van der Waals surface area contributed by atoms with Gasteiger partial charge in [-0.2, -0.15) is 4.57 Å². The second-order valence-electron chi connectivity index (χ2n) is 7.25. The number of carbonyl (C=O) groups excluding carboxylic acids is 1. The molecule has 1 fully saturated rings. The normalized spacial score (nSPS) is 20.8. The summed E-state index contributed by atoms with van der Waals surface area (Å²) in [6.45, 7) is 8.70. The fourth-order valence-electron chi connectivity index (χ4n) is 3.03. The molecule has 0 N–H and O–H groups in total. The van der Waals surface area contributed by atoms with Crippen molar-refractivity contribution in [1.82, 2.24) is 9.13 Å². The van der Waals surface area contributed by atoms with Gasteiger partial charge in [-0.1, -0.05) is 19.8 Å². The van der Waals surface area contributed by atoms with Gasteiger partial charge in [0.2, 0.25) is 6.41 Å². The van der Waals surface area contributed by atoms with Gasteiger partial charge in [-0.15, -0.1) is 0 Å². The van der Waals surface area contributed by atoms with Crippen LogP contribution in [0.3, 0.4) is 0 Å². The summed E-state index contributed by atoms with van der Waals surface area (Å²) in [5.41, 5.74) is -0.907. The number of aryl methyl sites for hydroxylation is 1. The largest absolute Gasteiger partial charge is 0.415 e. The maximum atomic E-state index is 12.3. The molecule has 2 rings (SSSR count). The van der Waals surface area contributed by atoms with E-state index in [1.165, 1.54) is 17.2 Å². The average molecular weight is 369 g/mol. The Kier molecular flexibility index (Phi) is 6.53. The van der Waals surface area contributed by atoms with Crippen LogP contribution in [-0.2, 0) is 14.0 Å². The lowest BCUT2D eigenvalue weighted by Gasteiger charge is -2.25. The van der Waals surface area contributed by atoms with Crippen LogP contribution >= 0.6 is 0 Å². The smallest absolute Gasteiger partial charge is 0.339 e. The van der Waals surface area contributed by atoms with Gasteiger partial charge in [0.1, 0.15) is 6.23 Å². The quantitative estimate of drug-likeness (QED) is 0.518. The van der Waals surface area contributed by atoms with Crippen LogP contribution in [0.2, 0.25) is 19.1 Å². The minimum absolute atomic E-state index is 0.0674. The second-order valence-corrected chi connectivity index (χ2v) is 11.6. The Morgan fingerprint density at radius 2 is 2.08 bits per heavy atom. The Bertz CT molecular complexity index is 725. The molecule has 0 spiro atoms. The van der Waals surface area contributed by atoms with Crippen LogP contribution < -0.4 is 11.2 Å². The summed E-state index contributed by atoms with van der Waals surface area (Å²) in [6.07, 6.45) is 4.97. The number of hydrogen-bond acceptors (Lipinski definition) is 5. The Hall–Kier alpha value is -1.51. The number of nitrogens with zero attached hydrogens (tertiary/aromatic N) is 2. The third-order valence-electron chi connectivity index (χ3n) is 4.61. The van der Waals surface area contributed by atoms with E-state index < -0.39 is 25.8 Å². The van der Waals surface area contributed by atoms with Gasteiger partial charge in [0.05, 0.1) is 12.7 Å². The fraction of sp³-hybridized carbons (Fsp3) is 0.706. The zero-order valence-corrected chi connectivity index (χ0v) is 16.5. The molecule has 140 valence electrons. The molecule has 0 radical (unpaired) electrons. The third-order valence-corrected chi connectivity index (χ3v) is 7.11.